The number of nitrogens with two attached hydrogens (primary N) is 1. The maximum absolute atomic E-state index is 12.5. The zero-order valence-corrected chi connectivity index (χ0v) is 13.6. The molecule has 2 amide bonds. The first-order chi connectivity index (χ1) is 10.9. The number of hydrogen-bond acceptors (Lipinski definition) is 5. The number of imide groups is 1. The normalized spacial score (nSPS) is 13.1. The van der Waals surface area contributed by atoms with E-state index in [4.69, 9.17) is 10.5 Å². The van der Waals surface area contributed by atoms with Crippen molar-refractivity contribution in [2.75, 3.05) is 12.8 Å². The van der Waals surface area contributed by atoms with Gasteiger partial charge in [-0.25, -0.2) is 0 Å². The number of rotatable bonds is 3. The summed E-state index contributed by atoms with van der Waals surface area (Å²) < 4.78 is 7.08. The van der Waals surface area contributed by atoms with E-state index in [0.29, 0.717) is 11.3 Å². The summed E-state index contributed by atoms with van der Waals surface area (Å²) in [5, 5.41) is 2.14. The predicted octanol–water partition coefficient (Wildman–Crippen LogP) is 1.21. The Morgan fingerprint density at radius 2 is 1.96 bits per heavy atom. The van der Waals surface area contributed by atoms with Crippen molar-refractivity contribution in [3.63, 3.8) is 0 Å². The third kappa shape index (κ3) is 2.45. The Bertz CT molecular complexity index is 904. The Kier molecular flexibility index (Phi) is 3.78. The maximum Gasteiger partial charge on any atom is 0.262 e. The molecule has 1 aromatic heterocycles. The maximum atomic E-state index is 12.5. The van der Waals surface area contributed by atoms with Gasteiger partial charge in [-0.3, -0.25) is 24.3 Å². The van der Waals surface area contributed by atoms with Crippen LogP contribution in [0.2, 0.25) is 0 Å². The van der Waals surface area contributed by atoms with Crippen LogP contribution in [0.15, 0.2) is 33.5 Å². The van der Waals surface area contributed by atoms with Crippen molar-refractivity contribution in [3.05, 3.63) is 55.8 Å². The van der Waals surface area contributed by atoms with Crippen LogP contribution in [0.25, 0.3) is 5.69 Å². The van der Waals surface area contributed by atoms with Gasteiger partial charge in [0, 0.05) is 23.2 Å². The van der Waals surface area contributed by atoms with Crippen LogP contribution in [0.5, 0.6) is 0 Å². The van der Waals surface area contributed by atoms with E-state index < -0.39 is 17.4 Å². The molecule has 0 atom stereocenters. The number of halogens is 1. The molecule has 2 aromatic rings. The molecule has 2 heterocycles. The molecule has 0 saturated heterocycles. The molecule has 0 bridgehead atoms. The fourth-order valence-corrected chi connectivity index (χ4v) is 2.90. The molecule has 3 N–H and O–H groups in total. The summed E-state index contributed by atoms with van der Waals surface area (Å²) in [7, 11) is 1.53. The van der Waals surface area contributed by atoms with Gasteiger partial charge >= 0.3 is 0 Å². The summed E-state index contributed by atoms with van der Waals surface area (Å²) in [6.07, 6.45) is 0. The van der Waals surface area contributed by atoms with Crippen LogP contribution < -0.4 is 16.6 Å². The van der Waals surface area contributed by atoms with Crippen LogP contribution >= 0.6 is 15.9 Å². The predicted molar refractivity (Wildman–Crippen MR) is 86.7 cm³/mol. The van der Waals surface area contributed by atoms with Crippen molar-refractivity contribution >= 4 is 33.6 Å². The minimum atomic E-state index is -0.618. The summed E-state index contributed by atoms with van der Waals surface area (Å²) in [5.41, 5.74) is 6.74. The van der Waals surface area contributed by atoms with Crippen molar-refractivity contribution in [2.24, 2.45) is 0 Å². The van der Waals surface area contributed by atoms with Gasteiger partial charge in [-0.2, -0.15) is 0 Å². The first kappa shape index (κ1) is 15.4. The third-order valence-corrected chi connectivity index (χ3v) is 4.03. The van der Waals surface area contributed by atoms with Gasteiger partial charge in [0.1, 0.15) is 5.82 Å². The van der Waals surface area contributed by atoms with Gasteiger partial charge in [0.15, 0.2) is 0 Å². The number of aromatic nitrogens is 1. The molecule has 1 aliphatic rings. The molecule has 0 saturated carbocycles. The number of nitrogen functional groups attached to an aromatic ring is 1. The average Bonchev–Trinajstić information content (AvgIpc) is 2.76. The second-order valence-corrected chi connectivity index (χ2v) is 5.90. The average molecular weight is 378 g/mol. The molecule has 23 heavy (non-hydrogen) atoms. The highest BCUT2D eigenvalue weighted by atomic mass is 79.9. The Morgan fingerprint density at radius 3 is 2.65 bits per heavy atom. The molecule has 0 radical (unpaired) electrons. The number of benzene rings is 1. The Morgan fingerprint density at radius 1 is 1.22 bits per heavy atom. The van der Waals surface area contributed by atoms with Crippen LogP contribution in [0.4, 0.5) is 5.82 Å². The summed E-state index contributed by atoms with van der Waals surface area (Å²) in [5.74, 6) is -1.31. The second kappa shape index (κ2) is 5.64. The van der Waals surface area contributed by atoms with Crippen LogP contribution in [0.1, 0.15) is 26.3 Å². The van der Waals surface area contributed by atoms with Crippen LogP contribution in [-0.4, -0.2) is 23.5 Å². The van der Waals surface area contributed by atoms with E-state index in [1.54, 1.807) is 12.1 Å². The molecular weight excluding hydrogens is 366 g/mol. The summed E-state index contributed by atoms with van der Waals surface area (Å²) in [6, 6.07) is 6.41. The number of pyridine rings is 1. The van der Waals surface area contributed by atoms with E-state index in [0.717, 1.165) is 10.5 Å². The Hall–Kier alpha value is -2.45. The third-order valence-electron chi connectivity index (χ3n) is 3.54. The molecule has 3 rings (SSSR count). The highest BCUT2D eigenvalue weighted by Crippen LogP contribution is 2.26. The topological polar surface area (TPSA) is 103 Å². The van der Waals surface area contributed by atoms with E-state index in [9.17, 15) is 14.4 Å². The van der Waals surface area contributed by atoms with E-state index in [1.807, 2.05) is 6.07 Å². The number of amides is 2. The quantitative estimate of drug-likeness (QED) is 0.782. The van der Waals surface area contributed by atoms with Gasteiger partial charge in [0.05, 0.1) is 23.4 Å². The fourth-order valence-electron chi connectivity index (χ4n) is 2.55. The highest BCUT2D eigenvalue weighted by Gasteiger charge is 2.32. The van der Waals surface area contributed by atoms with Crippen molar-refractivity contribution in [2.45, 2.75) is 6.61 Å². The highest BCUT2D eigenvalue weighted by molar-refractivity contribution is 9.10. The number of carbonyl (C=O) groups is 2. The molecule has 1 aromatic carbocycles. The van der Waals surface area contributed by atoms with E-state index >= 15 is 0 Å². The van der Waals surface area contributed by atoms with Gasteiger partial charge in [0.25, 0.3) is 17.4 Å². The minimum absolute atomic E-state index is 0.00274. The lowest BCUT2D eigenvalue weighted by atomic mass is 10.1. The molecule has 0 aliphatic carbocycles. The largest absolute Gasteiger partial charge is 0.384 e. The second-order valence-electron chi connectivity index (χ2n) is 4.98. The van der Waals surface area contributed by atoms with Crippen LogP contribution in [0.3, 0.4) is 0 Å². The number of fused-ring (bicyclic) bond motifs is 1. The molecule has 0 spiro atoms. The van der Waals surface area contributed by atoms with E-state index in [1.165, 1.54) is 11.7 Å². The number of ether oxygens (including phenoxy) is 1. The summed E-state index contributed by atoms with van der Waals surface area (Å²) >= 11 is 3.35. The Balaban J connectivity index is 2.33. The number of methoxy groups -OCH3 is 1. The molecule has 8 heteroatoms. The smallest absolute Gasteiger partial charge is 0.262 e. The van der Waals surface area contributed by atoms with Gasteiger partial charge in [-0.05, 0) is 12.1 Å². The number of hydrogen-bond donors (Lipinski definition) is 2. The van der Waals surface area contributed by atoms with Gasteiger partial charge in [-0.1, -0.05) is 22.0 Å². The van der Waals surface area contributed by atoms with Crippen LogP contribution in [-0.2, 0) is 11.3 Å². The molecule has 1 aliphatic heterocycles. The van der Waals surface area contributed by atoms with Gasteiger partial charge < -0.3 is 10.5 Å². The first-order valence-electron chi connectivity index (χ1n) is 6.63. The molecular formula is C15H12BrN3O4. The number of anilines is 1. The summed E-state index contributed by atoms with van der Waals surface area (Å²) in [4.78, 5) is 36.1. The lowest BCUT2D eigenvalue weighted by Crippen LogP contribution is -2.25. The molecule has 118 valence electrons. The lowest BCUT2D eigenvalue weighted by Gasteiger charge is -2.16. The number of nitrogens with zero attached hydrogens (tertiary/aromatic N) is 1. The van der Waals surface area contributed by atoms with Crippen molar-refractivity contribution < 1.29 is 14.3 Å². The van der Waals surface area contributed by atoms with Gasteiger partial charge in [0.2, 0.25) is 0 Å². The van der Waals surface area contributed by atoms with Crippen molar-refractivity contribution in [3.8, 4) is 5.69 Å². The number of nitrogens with one attached hydrogen (secondary N) is 1. The van der Waals surface area contributed by atoms with Crippen molar-refractivity contribution in [1.29, 1.82) is 0 Å². The fraction of sp³-hybridized carbons (Fsp3) is 0.133. The monoisotopic (exact) mass is 377 g/mol. The zero-order chi connectivity index (χ0) is 16.7. The standard InChI is InChI=1S/C15H12BrN3O4/c1-23-6-7-2-3-8(16)4-10(7)19-11(20)5-9-12(13(19)17)15(22)18-14(9)21/h2-5H,6,17H2,1H3,(H,18,21,22). The van der Waals surface area contributed by atoms with E-state index in [2.05, 4.69) is 21.2 Å². The van der Waals surface area contributed by atoms with E-state index in [-0.39, 0.29) is 23.6 Å². The minimum Gasteiger partial charge on any atom is -0.384 e. The first-order valence-corrected chi connectivity index (χ1v) is 7.42. The van der Waals surface area contributed by atoms with Crippen LogP contribution in [0, 0.1) is 0 Å². The molecule has 0 unspecified atom stereocenters. The Labute approximate surface area is 139 Å². The molecule has 0 fully saturated rings. The van der Waals surface area contributed by atoms with Gasteiger partial charge in [-0.15, -0.1) is 0 Å². The number of carbonyl (C=O) groups excluding carboxylic acids is 2. The summed E-state index contributed by atoms with van der Waals surface area (Å²) in [6.45, 7) is 0.261. The van der Waals surface area contributed by atoms with Crippen molar-refractivity contribution in [1.82, 2.24) is 9.88 Å². The zero-order valence-electron chi connectivity index (χ0n) is 12.1. The SMILES string of the molecule is COCc1ccc(Br)cc1-n1c(N)c2c(cc1=O)C(=O)NC2=O. The lowest BCUT2D eigenvalue weighted by molar-refractivity contribution is 0.0880. The molecule has 7 nitrogen and oxygen atoms in total.